The third-order valence-electron chi connectivity index (χ3n) is 5.12. The van der Waals surface area contributed by atoms with Crippen molar-refractivity contribution in [1.82, 2.24) is 5.32 Å². The van der Waals surface area contributed by atoms with Crippen molar-refractivity contribution in [2.45, 2.75) is 24.9 Å². The Bertz CT molecular complexity index is 1030. The quantitative estimate of drug-likeness (QED) is 0.652. The summed E-state index contributed by atoms with van der Waals surface area (Å²) in [6, 6.07) is 18.5. The van der Waals surface area contributed by atoms with Crippen molar-refractivity contribution in [2.24, 2.45) is 4.99 Å². The molecule has 4 rings (SSSR count). The molecule has 1 heterocycles. The molecule has 0 aliphatic carbocycles. The average Bonchev–Trinajstić information content (AvgIpc) is 3.01. The zero-order valence-corrected chi connectivity index (χ0v) is 15.3. The molecule has 1 aliphatic rings. The van der Waals surface area contributed by atoms with Gasteiger partial charge in [-0.25, -0.2) is 13.2 Å². The Kier molecular flexibility index (Phi) is 4.67. The lowest BCUT2D eigenvalue weighted by atomic mass is 9.82. The second-order valence-electron chi connectivity index (χ2n) is 7.15. The maximum absolute atomic E-state index is 13.9. The number of hydrogen-bond donors (Lipinski definition) is 1. The second-order valence-corrected chi connectivity index (χ2v) is 7.15. The Balaban J connectivity index is 1.74. The van der Waals surface area contributed by atoms with E-state index in [2.05, 4.69) is 5.32 Å². The van der Waals surface area contributed by atoms with Crippen molar-refractivity contribution in [3.05, 3.63) is 107 Å². The minimum Gasteiger partial charge on any atom is -0.364 e. The van der Waals surface area contributed by atoms with Crippen molar-refractivity contribution in [3.8, 4) is 0 Å². The minimum atomic E-state index is -0.814. The van der Waals surface area contributed by atoms with E-state index in [0.717, 1.165) is 11.1 Å². The number of nitrogens with zero attached hydrogens (tertiary/aromatic N) is 1. The highest BCUT2D eigenvalue weighted by molar-refractivity contribution is 5.87. The molecule has 0 saturated heterocycles. The van der Waals surface area contributed by atoms with Crippen molar-refractivity contribution >= 4 is 5.84 Å². The first-order chi connectivity index (χ1) is 13.4. The third kappa shape index (κ3) is 3.52. The van der Waals surface area contributed by atoms with Gasteiger partial charge in [0.25, 0.3) is 0 Å². The van der Waals surface area contributed by atoms with E-state index in [1.54, 1.807) is 24.3 Å². The molecule has 0 spiro atoms. The molecule has 5 heteroatoms. The molecule has 0 amide bonds. The number of halogens is 3. The van der Waals surface area contributed by atoms with Crippen LogP contribution in [0.5, 0.6) is 0 Å². The molecule has 142 valence electrons. The van der Waals surface area contributed by atoms with Crippen LogP contribution in [0, 0.1) is 17.5 Å². The van der Waals surface area contributed by atoms with Crippen LogP contribution in [-0.4, -0.2) is 5.84 Å². The van der Waals surface area contributed by atoms with Crippen LogP contribution in [0.1, 0.15) is 29.7 Å². The molecule has 3 aromatic rings. The number of nitrogens with one attached hydrogen (secondary N) is 1. The summed E-state index contributed by atoms with van der Waals surface area (Å²) in [5.74, 6) is -0.299. The Labute approximate surface area is 161 Å². The average molecular weight is 380 g/mol. The van der Waals surface area contributed by atoms with E-state index in [4.69, 9.17) is 4.99 Å². The van der Waals surface area contributed by atoms with Gasteiger partial charge >= 0.3 is 0 Å². The van der Waals surface area contributed by atoms with Gasteiger partial charge in [0.15, 0.2) is 0 Å². The molecule has 0 saturated carbocycles. The summed E-state index contributed by atoms with van der Waals surface area (Å²) in [5.41, 5.74) is 1.51. The van der Waals surface area contributed by atoms with Gasteiger partial charge in [-0.3, -0.25) is 4.99 Å². The first-order valence-corrected chi connectivity index (χ1v) is 9.05. The van der Waals surface area contributed by atoms with Crippen LogP contribution in [0.2, 0.25) is 0 Å². The molecule has 0 bridgehead atoms. The summed E-state index contributed by atoms with van der Waals surface area (Å²) in [7, 11) is 0. The second kappa shape index (κ2) is 7.15. The van der Waals surface area contributed by atoms with Crippen LogP contribution in [0.3, 0.4) is 0 Å². The number of rotatable bonds is 4. The van der Waals surface area contributed by atoms with E-state index in [1.807, 2.05) is 19.1 Å². The minimum absolute atomic E-state index is 0.299. The highest BCUT2D eigenvalue weighted by Gasteiger charge is 2.42. The molecule has 1 N–H and O–H groups in total. The van der Waals surface area contributed by atoms with E-state index in [9.17, 15) is 13.2 Å². The summed E-state index contributed by atoms with van der Waals surface area (Å²) in [4.78, 5) is 4.86. The maximum Gasteiger partial charge on any atom is 0.123 e. The lowest BCUT2D eigenvalue weighted by molar-refractivity contribution is 0.402. The van der Waals surface area contributed by atoms with Crippen LogP contribution < -0.4 is 5.32 Å². The van der Waals surface area contributed by atoms with E-state index < -0.39 is 5.54 Å². The Morgan fingerprint density at radius 3 is 2.21 bits per heavy atom. The van der Waals surface area contributed by atoms with E-state index >= 15 is 0 Å². The lowest BCUT2D eigenvalue weighted by Crippen LogP contribution is -2.33. The van der Waals surface area contributed by atoms with Gasteiger partial charge in [0.05, 0.1) is 6.04 Å². The SMILES string of the molecule is C[C@@]1(c2cccc(F)c2)N=C(Cc2ccc(F)cc2)N[C@@H]1c1cccc(F)c1. The molecule has 28 heavy (non-hydrogen) atoms. The maximum atomic E-state index is 13.9. The molecule has 0 unspecified atom stereocenters. The van der Waals surface area contributed by atoms with Gasteiger partial charge in [0.1, 0.15) is 28.8 Å². The number of benzene rings is 3. The summed E-state index contributed by atoms with van der Waals surface area (Å²) in [6.45, 7) is 1.90. The van der Waals surface area contributed by atoms with Crippen molar-refractivity contribution in [3.63, 3.8) is 0 Å². The molecular weight excluding hydrogens is 361 g/mol. The van der Waals surface area contributed by atoms with E-state index in [1.165, 1.54) is 36.4 Å². The molecular formula is C23H19F3N2. The van der Waals surface area contributed by atoms with Gasteiger partial charge in [-0.2, -0.15) is 0 Å². The summed E-state index contributed by atoms with van der Waals surface area (Å²) in [6.07, 6.45) is 0.469. The van der Waals surface area contributed by atoms with Crippen LogP contribution >= 0.6 is 0 Å². The standard InChI is InChI=1S/C23H19F3N2/c1-23(17-5-3-7-20(26)14-17)22(16-4-2-6-19(25)13-16)27-21(28-23)12-15-8-10-18(24)11-9-15/h2-11,13-14,22H,12H2,1H3,(H,27,28)/t22-,23+/m1/s1. The Hall–Kier alpha value is -3.08. The number of amidine groups is 1. The van der Waals surface area contributed by atoms with Gasteiger partial charge in [-0.15, -0.1) is 0 Å². The lowest BCUT2D eigenvalue weighted by Gasteiger charge is -2.30. The fourth-order valence-electron chi connectivity index (χ4n) is 3.70. The third-order valence-corrected chi connectivity index (χ3v) is 5.12. The van der Waals surface area contributed by atoms with E-state index in [-0.39, 0.29) is 23.5 Å². The smallest absolute Gasteiger partial charge is 0.123 e. The van der Waals surface area contributed by atoms with Crippen LogP contribution in [0.4, 0.5) is 13.2 Å². The van der Waals surface area contributed by atoms with Gasteiger partial charge in [-0.1, -0.05) is 36.4 Å². The molecule has 2 nitrogen and oxygen atoms in total. The van der Waals surface area contributed by atoms with Crippen LogP contribution in [0.15, 0.2) is 77.8 Å². The van der Waals surface area contributed by atoms with Gasteiger partial charge < -0.3 is 5.32 Å². The topological polar surface area (TPSA) is 24.4 Å². The molecule has 0 aromatic heterocycles. The van der Waals surface area contributed by atoms with Crippen molar-refractivity contribution in [1.29, 1.82) is 0 Å². The highest BCUT2D eigenvalue weighted by Crippen LogP contribution is 2.42. The largest absolute Gasteiger partial charge is 0.364 e. The fourth-order valence-corrected chi connectivity index (χ4v) is 3.70. The Morgan fingerprint density at radius 1 is 0.857 bits per heavy atom. The molecule has 1 aliphatic heterocycles. The first kappa shape index (κ1) is 18.3. The fraction of sp³-hybridized carbons (Fsp3) is 0.174. The highest BCUT2D eigenvalue weighted by atomic mass is 19.1. The van der Waals surface area contributed by atoms with Gasteiger partial charge in [-0.05, 0) is 60.0 Å². The van der Waals surface area contributed by atoms with Crippen LogP contribution in [0.25, 0.3) is 0 Å². The number of aliphatic imine (C=N–C) groups is 1. The van der Waals surface area contributed by atoms with Crippen LogP contribution in [-0.2, 0) is 12.0 Å². The predicted octanol–water partition coefficient (Wildman–Crippen LogP) is 5.30. The Morgan fingerprint density at radius 2 is 1.54 bits per heavy atom. The van der Waals surface area contributed by atoms with Gasteiger partial charge in [0.2, 0.25) is 0 Å². The van der Waals surface area contributed by atoms with Gasteiger partial charge in [0, 0.05) is 6.42 Å². The molecule has 0 fully saturated rings. The van der Waals surface area contributed by atoms with Crippen molar-refractivity contribution < 1.29 is 13.2 Å². The zero-order chi connectivity index (χ0) is 19.7. The molecule has 0 radical (unpaired) electrons. The predicted molar refractivity (Wildman–Crippen MR) is 104 cm³/mol. The molecule has 3 aromatic carbocycles. The number of hydrogen-bond acceptors (Lipinski definition) is 2. The summed E-state index contributed by atoms with van der Waals surface area (Å²) >= 11 is 0. The first-order valence-electron chi connectivity index (χ1n) is 9.05. The molecule has 2 atom stereocenters. The zero-order valence-electron chi connectivity index (χ0n) is 15.3. The van der Waals surface area contributed by atoms with Crippen molar-refractivity contribution in [2.75, 3.05) is 0 Å². The summed E-state index contributed by atoms with van der Waals surface area (Å²) in [5, 5.41) is 3.37. The summed E-state index contributed by atoms with van der Waals surface area (Å²) < 4.78 is 40.9. The monoisotopic (exact) mass is 380 g/mol. The van der Waals surface area contributed by atoms with E-state index in [0.29, 0.717) is 17.8 Å². The normalized spacial score (nSPS) is 21.3.